The second-order valence-corrected chi connectivity index (χ2v) is 6.36. The number of thiocarbonyl (C=S) groups is 1. The van der Waals surface area contributed by atoms with Crippen molar-refractivity contribution >= 4 is 40.0 Å². The Hall–Kier alpha value is -3.78. The lowest BCUT2D eigenvalue weighted by Crippen LogP contribution is -2.39. The number of non-ortho nitro benzene ring substituents is 1. The molecule has 7 nitrogen and oxygen atoms in total. The van der Waals surface area contributed by atoms with E-state index in [4.69, 9.17) is 17.0 Å². The van der Waals surface area contributed by atoms with Crippen molar-refractivity contribution in [1.82, 2.24) is 0 Å². The van der Waals surface area contributed by atoms with Gasteiger partial charge in [-0.1, -0.05) is 30.4 Å². The minimum Gasteiger partial charge on any atom is -0.867 e. The van der Waals surface area contributed by atoms with E-state index in [9.17, 15) is 15.2 Å². The summed E-state index contributed by atoms with van der Waals surface area (Å²) in [6, 6.07) is 18.0. The molecule has 0 bridgehead atoms. The van der Waals surface area contributed by atoms with E-state index in [1.54, 1.807) is 60.5 Å². The van der Waals surface area contributed by atoms with Crippen LogP contribution in [0.2, 0.25) is 0 Å². The van der Waals surface area contributed by atoms with E-state index in [1.165, 1.54) is 24.3 Å². The number of hydrogen-bond acceptors (Lipinski definition) is 5. The van der Waals surface area contributed by atoms with Gasteiger partial charge in [0, 0.05) is 30.0 Å². The van der Waals surface area contributed by atoms with Gasteiger partial charge in [-0.3, -0.25) is 10.1 Å². The molecule has 0 aliphatic rings. The summed E-state index contributed by atoms with van der Waals surface area (Å²) >= 11 is 5.51. The third kappa shape index (κ3) is 4.74. The molecule has 0 aliphatic heterocycles. The zero-order chi connectivity index (χ0) is 20.8. The van der Waals surface area contributed by atoms with E-state index in [-0.39, 0.29) is 21.9 Å². The topological polar surface area (TPSA) is 91.3 Å². The van der Waals surface area contributed by atoms with Crippen molar-refractivity contribution in [1.29, 1.82) is 0 Å². The second kappa shape index (κ2) is 8.94. The van der Waals surface area contributed by atoms with Gasteiger partial charge in [0.1, 0.15) is 5.75 Å². The maximum absolute atomic E-state index is 13.2. The number of benzene rings is 2. The maximum Gasteiger partial charge on any atom is 0.270 e. The smallest absolute Gasteiger partial charge is 0.270 e. The van der Waals surface area contributed by atoms with Gasteiger partial charge in [-0.2, -0.15) is 4.57 Å². The fourth-order valence-corrected chi connectivity index (χ4v) is 2.96. The third-order valence-electron chi connectivity index (χ3n) is 4.07. The lowest BCUT2D eigenvalue weighted by atomic mass is 10.1. The Bertz CT molecular complexity index is 1070. The number of aromatic nitrogens is 1. The summed E-state index contributed by atoms with van der Waals surface area (Å²) in [5.41, 5.74) is 0.861. The Morgan fingerprint density at radius 2 is 1.76 bits per heavy atom. The number of hydrogen-bond donors (Lipinski definition) is 1. The predicted molar refractivity (Wildman–Crippen MR) is 112 cm³/mol. The number of nitro benzene ring substituents is 1. The van der Waals surface area contributed by atoms with Crippen LogP contribution in [0.25, 0.3) is 11.5 Å². The molecule has 1 aromatic heterocycles. The SMILES string of the molecule is COc1ccc(NC(=S)/C(=C(\[O-])c2cccc([N+](=O)[O-])c2)[n+]2ccccc2)cc1. The predicted octanol–water partition coefficient (Wildman–Crippen LogP) is 3.02. The largest absolute Gasteiger partial charge is 0.867 e. The van der Waals surface area contributed by atoms with Gasteiger partial charge < -0.3 is 15.2 Å². The molecule has 146 valence electrons. The highest BCUT2D eigenvalue weighted by molar-refractivity contribution is 7.81. The van der Waals surface area contributed by atoms with Crippen LogP contribution in [0, 0.1) is 10.1 Å². The summed E-state index contributed by atoms with van der Waals surface area (Å²) in [5, 5.41) is 27.3. The lowest BCUT2D eigenvalue weighted by molar-refractivity contribution is -0.577. The van der Waals surface area contributed by atoms with Crippen LogP contribution in [-0.2, 0) is 0 Å². The van der Waals surface area contributed by atoms with Crippen LogP contribution >= 0.6 is 12.2 Å². The molecule has 0 spiro atoms. The third-order valence-corrected chi connectivity index (χ3v) is 4.37. The molecule has 29 heavy (non-hydrogen) atoms. The van der Waals surface area contributed by atoms with E-state index in [0.717, 1.165) is 0 Å². The summed E-state index contributed by atoms with van der Waals surface area (Å²) in [6.07, 6.45) is 3.37. The molecule has 0 fully saturated rings. The Balaban J connectivity index is 2.04. The van der Waals surface area contributed by atoms with Crippen molar-refractivity contribution in [3.8, 4) is 5.75 Å². The molecule has 0 saturated carbocycles. The molecule has 1 heterocycles. The summed E-state index contributed by atoms with van der Waals surface area (Å²) in [7, 11) is 1.57. The van der Waals surface area contributed by atoms with Gasteiger partial charge in [0.05, 0.1) is 12.0 Å². The highest BCUT2D eigenvalue weighted by Gasteiger charge is 2.19. The molecular weight excluding hydrogens is 390 g/mol. The van der Waals surface area contributed by atoms with Crippen LogP contribution in [0.3, 0.4) is 0 Å². The molecule has 0 amide bonds. The van der Waals surface area contributed by atoms with Crippen LogP contribution in [-0.4, -0.2) is 17.0 Å². The van der Waals surface area contributed by atoms with Gasteiger partial charge in [0.15, 0.2) is 17.4 Å². The standard InChI is InChI=1S/C21H17N3O4S/c1-28-18-10-8-16(9-11-18)22-21(29)19(23-12-3-2-4-13-23)20(25)15-6-5-7-17(14-15)24(26)27/h2-14H,1H3,(H-,22,25,29). The first-order chi connectivity index (χ1) is 14.0. The zero-order valence-corrected chi connectivity index (χ0v) is 16.3. The molecular formula is C21H17N3O4S. The van der Waals surface area contributed by atoms with Gasteiger partial charge in [-0.25, -0.2) is 0 Å². The second-order valence-electron chi connectivity index (χ2n) is 5.95. The van der Waals surface area contributed by atoms with Gasteiger partial charge in [-0.15, -0.1) is 0 Å². The van der Waals surface area contributed by atoms with Crippen LogP contribution in [0.4, 0.5) is 11.4 Å². The van der Waals surface area contributed by atoms with Gasteiger partial charge in [0.2, 0.25) is 5.70 Å². The first-order valence-electron chi connectivity index (χ1n) is 8.58. The quantitative estimate of drug-likeness (QED) is 0.169. The number of nitro groups is 1. The number of nitrogens with one attached hydrogen (secondary N) is 1. The van der Waals surface area contributed by atoms with Crippen molar-refractivity contribution in [2.45, 2.75) is 0 Å². The molecule has 1 N–H and O–H groups in total. The Morgan fingerprint density at radius 3 is 2.38 bits per heavy atom. The molecule has 3 rings (SSSR count). The van der Waals surface area contributed by atoms with Crippen LogP contribution < -0.4 is 19.7 Å². The number of ether oxygens (including phenoxy) is 1. The van der Waals surface area contributed by atoms with E-state index in [0.29, 0.717) is 11.4 Å². The van der Waals surface area contributed by atoms with Crippen molar-refractivity contribution in [2.75, 3.05) is 12.4 Å². The van der Waals surface area contributed by atoms with E-state index in [1.807, 2.05) is 6.07 Å². The highest BCUT2D eigenvalue weighted by atomic mass is 32.1. The molecule has 3 aromatic rings. The normalized spacial score (nSPS) is 11.3. The minimum absolute atomic E-state index is 0.165. The zero-order valence-electron chi connectivity index (χ0n) is 15.4. The Labute approximate surface area is 172 Å². The molecule has 8 heteroatoms. The highest BCUT2D eigenvalue weighted by Crippen LogP contribution is 2.22. The molecule has 2 aromatic carbocycles. The molecule has 0 radical (unpaired) electrons. The molecule has 0 atom stereocenters. The lowest BCUT2D eigenvalue weighted by Gasteiger charge is -2.17. The number of rotatable bonds is 6. The Morgan fingerprint density at radius 1 is 1.07 bits per heavy atom. The van der Waals surface area contributed by atoms with Crippen molar-refractivity contribution in [3.63, 3.8) is 0 Å². The van der Waals surface area contributed by atoms with Gasteiger partial charge in [0.25, 0.3) is 5.69 Å². The van der Waals surface area contributed by atoms with Gasteiger partial charge in [-0.05, 0) is 35.6 Å². The average Bonchev–Trinajstić information content (AvgIpc) is 2.75. The number of pyridine rings is 1. The first-order valence-corrected chi connectivity index (χ1v) is 8.98. The fraction of sp³-hybridized carbons (Fsp3) is 0.0476. The van der Waals surface area contributed by atoms with E-state index >= 15 is 0 Å². The van der Waals surface area contributed by atoms with Crippen LogP contribution in [0.15, 0.2) is 79.1 Å². The molecule has 0 saturated heterocycles. The number of nitrogens with zero attached hydrogens (tertiary/aromatic N) is 2. The van der Waals surface area contributed by atoms with Crippen molar-refractivity contribution < 1.29 is 19.3 Å². The first kappa shape index (κ1) is 20.0. The van der Waals surface area contributed by atoms with E-state index in [2.05, 4.69) is 5.32 Å². The summed E-state index contributed by atoms with van der Waals surface area (Å²) in [4.78, 5) is 10.7. The maximum atomic E-state index is 13.2. The monoisotopic (exact) mass is 407 g/mol. The summed E-state index contributed by atoms with van der Waals surface area (Å²) in [5.74, 6) is 0.256. The average molecular weight is 407 g/mol. The number of anilines is 1. The number of methoxy groups -OCH3 is 1. The van der Waals surface area contributed by atoms with E-state index < -0.39 is 10.7 Å². The van der Waals surface area contributed by atoms with Gasteiger partial charge >= 0.3 is 0 Å². The molecule has 0 unspecified atom stereocenters. The Kier molecular flexibility index (Phi) is 6.16. The van der Waals surface area contributed by atoms with Crippen LogP contribution in [0.1, 0.15) is 5.56 Å². The minimum atomic E-state index is -0.542. The molecule has 0 aliphatic carbocycles. The summed E-state index contributed by atoms with van der Waals surface area (Å²) in [6.45, 7) is 0. The van der Waals surface area contributed by atoms with Crippen molar-refractivity contribution in [2.24, 2.45) is 0 Å². The van der Waals surface area contributed by atoms with Crippen molar-refractivity contribution in [3.05, 3.63) is 94.8 Å². The summed E-state index contributed by atoms with van der Waals surface area (Å²) < 4.78 is 6.72. The van der Waals surface area contributed by atoms with Crippen LogP contribution in [0.5, 0.6) is 5.75 Å². The fourth-order valence-electron chi connectivity index (χ4n) is 2.65.